The first-order valence-corrected chi connectivity index (χ1v) is 9.15. The minimum atomic E-state index is -0.227. The van der Waals surface area contributed by atoms with Crippen molar-refractivity contribution in [3.63, 3.8) is 0 Å². The Morgan fingerprint density at radius 2 is 2.28 bits per heavy atom. The van der Waals surface area contributed by atoms with Gasteiger partial charge in [0.2, 0.25) is 0 Å². The van der Waals surface area contributed by atoms with Gasteiger partial charge < -0.3 is 5.32 Å². The third-order valence-corrected chi connectivity index (χ3v) is 5.39. The van der Waals surface area contributed by atoms with Gasteiger partial charge in [0.05, 0.1) is 18.1 Å². The largest absolute Gasteiger partial charge is 0.318 e. The molecule has 0 bridgehead atoms. The van der Waals surface area contributed by atoms with Crippen molar-refractivity contribution in [3.05, 3.63) is 35.9 Å². The molecule has 0 aliphatic heterocycles. The van der Waals surface area contributed by atoms with Crippen molar-refractivity contribution in [1.82, 2.24) is 25.0 Å². The molecule has 0 spiro atoms. The molecule has 0 unspecified atom stereocenters. The molecule has 8 heteroatoms. The maximum atomic E-state index is 12.4. The zero-order chi connectivity index (χ0) is 17.4. The van der Waals surface area contributed by atoms with Crippen molar-refractivity contribution in [2.24, 2.45) is 11.3 Å². The van der Waals surface area contributed by atoms with E-state index in [9.17, 15) is 4.79 Å². The Morgan fingerprint density at radius 3 is 3.00 bits per heavy atom. The maximum absolute atomic E-state index is 12.4. The van der Waals surface area contributed by atoms with E-state index in [1.807, 2.05) is 10.9 Å². The average Bonchev–Trinajstić information content (AvgIpc) is 3.26. The lowest BCUT2D eigenvalue weighted by Gasteiger charge is -2.42. The summed E-state index contributed by atoms with van der Waals surface area (Å²) in [6.45, 7) is 5.49. The molecule has 4 rings (SSSR count). The summed E-state index contributed by atoms with van der Waals surface area (Å²) in [6.07, 6.45) is 9.46. The molecule has 7 nitrogen and oxygen atoms in total. The predicted octanol–water partition coefficient (Wildman–Crippen LogP) is 3.42. The van der Waals surface area contributed by atoms with E-state index in [4.69, 9.17) is 0 Å². The van der Waals surface area contributed by atoms with Gasteiger partial charge in [-0.3, -0.25) is 14.6 Å². The van der Waals surface area contributed by atoms with Gasteiger partial charge in [0.25, 0.3) is 5.91 Å². The van der Waals surface area contributed by atoms with E-state index in [2.05, 4.69) is 39.4 Å². The molecule has 3 heterocycles. The van der Waals surface area contributed by atoms with E-state index >= 15 is 0 Å². The number of anilines is 1. The summed E-state index contributed by atoms with van der Waals surface area (Å²) in [6, 6.07) is 0. The summed E-state index contributed by atoms with van der Waals surface area (Å²) in [5, 5.41) is 16.4. The van der Waals surface area contributed by atoms with Crippen LogP contribution < -0.4 is 5.32 Å². The molecule has 2 N–H and O–H groups in total. The smallest absolute Gasteiger partial charge is 0.275 e. The molecule has 25 heavy (non-hydrogen) atoms. The minimum absolute atomic E-state index is 0.227. The molecule has 1 fully saturated rings. The van der Waals surface area contributed by atoms with Crippen LogP contribution in [0, 0.1) is 11.3 Å². The quantitative estimate of drug-likeness (QED) is 0.733. The molecule has 0 atom stereocenters. The van der Waals surface area contributed by atoms with E-state index in [0.717, 1.165) is 17.1 Å². The molecule has 1 aliphatic rings. The number of carbonyl (C=O) groups is 1. The van der Waals surface area contributed by atoms with Gasteiger partial charge in [0, 0.05) is 29.9 Å². The zero-order valence-electron chi connectivity index (χ0n) is 14.2. The number of aromatic amines is 1. The molecule has 130 valence electrons. The number of aromatic nitrogens is 5. The van der Waals surface area contributed by atoms with Gasteiger partial charge >= 0.3 is 0 Å². The number of carbonyl (C=O) groups excluding carboxylic acids is 1. The van der Waals surface area contributed by atoms with Crippen LogP contribution in [0.15, 0.2) is 30.2 Å². The van der Waals surface area contributed by atoms with Crippen molar-refractivity contribution in [1.29, 1.82) is 0 Å². The van der Waals surface area contributed by atoms with Crippen LogP contribution in [0.4, 0.5) is 5.69 Å². The van der Waals surface area contributed by atoms with Crippen molar-refractivity contribution < 1.29 is 4.79 Å². The van der Waals surface area contributed by atoms with Gasteiger partial charge in [-0.05, 0) is 24.2 Å². The van der Waals surface area contributed by atoms with Gasteiger partial charge in [-0.15, -0.1) is 11.3 Å². The monoisotopic (exact) mass is 356 g/mol. The number of amides is 1. The van der Waals surface area contributed by atoms with Gasteiger partial charge in [0.15, 0.2) is 0 Å². The lowest BCUT2D eigenvalue weighted by molar-refractivity contribution is 0.0800. The third-order valence-electron chi connectivity index (χ3n) is 4.50. The van der Waals surface area contributed by atoms with Crippen molar-refractivity contribution >= 4 is 22.9 Å². The number of nitrogens with one attached hydrogen (secondary N) is 2. The van der Waals surface area contributed by atoms with Crippen LogP contribution in [0.25, 0.3) is 10.6 Å². The zero-order valence-corrected chi connectivity index (χ0v) is 15.0. The molecule has 0 aromatic carbocycles. The second-order valence-electron chi connectivity index (χ2n) is 7.37. The van der Waals surface area contributed by atoms with Gasteiger partial charge in [-0.2, -0.15) is 10.2 Å². The van der Waals surface area contributed by atoms with Crippen LogP contribution in [-0.4, -0.2) is 30.9 Å². The Labute approximate surface area is 149 Å². The summed E-state index contributed by atoms with van der Waals surface area (Å²) in [5.41, 5.74) is 2.43. The summed E-state index contributed by atoms with van der Waals surface area (Å²) in [5.74, 6) is 0.449. The van der Waals surface area contributed by atoms with Crippen LogP contribution in [0.1, 0.15) is 37.2 Å². The molecular weight excluding hydrogens is 336 g/mol. The summed E-state index contributed by atoms with van der Waals surface area (Å²) < 4.78 is 1.91. The molecule has 3 aromatic rings. The number of hydrogen-bond donors (Lipinski definition) is 2. The summed E-state index contributed by atoms with van der Waals surface area (Å²) in [7, 11) is 0. The average molecular weight is 356 g/mol. The molecule has 1 amide bonds. The second-order valence-corrected chi connectivity index (χ2v) is 8.23. The molecule has 0 radical (unpaired) electrons. The lowest BCUT2D eigenvalue weighted by Crippen LogP contribution is -2.34. The first-order valence-electron chi connectivity index (χ1n) is 8.27. The highest BCUT2D eigenvalue weighted by atomic mass is 32.1. The van der Waals surface area contributed by atoms with Gasteiger partial charge in [-0.25, -0.2) is 4.98 Å². The number of hydrogen-bond acceptors (Lipinski definition) is 5. The van der Waals surface area contributed by atoms with Gasteiger partial charge in [0.1, 0.15) is 10.7 Å². The molecular formula is C17H20N6OS. The summed E-state index contributed by atoms with van der Waals surface area (Å²) in [4.78, 5) is 16.7. The topological polar surface area (TPSA) is 88.5 Å². The Balaban J connectivity index is 1.37. The standard InChI is InChI=1S/C17H20N6OS/c1-17(2)3-11(4-17)8-23-9-13(7-20-23)21-15(24)14-10-25-16(22-14)12-5-18-19-6-12/h5-7,9-11H,3-4,8H2,1-2H3,(H,18,19)(H,21,24). The van der Waals surface area contributed by atoms with Crippen LogP contribution in [0.5, 0.6) is 0 Å². The van der Waals surface area contributed by atoms with Crippen molar-refractivity contribution in [3.8, 4) is 10.6 Å². The minimum Gasteiger partial charge on any atom is -0.318 e. The second kappa shape index (κ2) is 6.11. The maximum Gasteiger partial charge on any atom is 0.275 e. The highest BCUT2D eigenvalue weighted by Crippen LogP contribution is 2.45. The third kappa shape index (κ3) is 3.48. The number of thiazole rings is 1. The fourth-order valence-corrected chi connectivity index (χ4v) is 4.28. The summed E-state index contributed by atoms with van der Waals surface area (Å²) >= 11 is 1.42. The Bertz CT molecular complexity index is 871. The molecule has 0 saturated heterocycles. The fraction of sp³-hybridized carbons (Fsp3) is 0.412. The van der Waals surface area contributed by atoms with Crippen LogP contribution in [-0.2, 0) is 6.54 Å². The lowest BCUT2D eigenvalue weighted by atomic mass is 9.64. The first kappa shape index (κ1) is 16.0. The number of nitrogens with zero attached hydrogens (tertiary/aromatic N) is 4. The Morgan fingerprint density at radius 1 is 1.44 bits per heavy atom. The predicted molar refractivity (Wildman–Crippen MR) is 96.4 cm³/mol. The van der Waals surface area contributed by atoms with Gasteiger partial charge in [-0.1, -0.05) is 13.8 Å². The Kier molecular flexibility index (Phi) is 3.91. The number of rotatable bonds is 5. The molecule has 1 aliphatic carbocycles. The SMILES string of the molecule is CC1(C)CC(Cn2cc(NC(=O)c3csc(-c4cn[nH]c4)n3)cn2)C1. The van der Waals surface area contributed by atoms with E-state index in [1.54, 1.807) is 24.0 Å². The van der Waals surface area contributed by atoms with E-state index < -0.39 is 0 Å². The van der Waals surface area contributed by atoms with Crippen molar-refractivity contribution in [2.45, 2.75) is 33.2 Å². The highest BCUT2D eigenvalue weighted by Gasteiger charge is 2.36. The molecule has 3 aromatic heterocycles. The Hall–Kier alpha value is -2.48. The van der Waals surface area contributed by atoms with E-state index in [-0.39, 0.29) is 5.91 Å². The molecule has 1 saturated carbocycles. The number of H-pyrrole nitrogens is 1. The first-order chi connectivity index (χ1) is 12.0. The van der Waals surface area contributed by atoms with Crippen LogP contribution >= 0.6 is 11.3 Å². The van der Waals surface area contributed by atoms with Crippen LogP contribution in [0.2, 0.25) is 0 Å². The van der Waals surface area contributed by atoms with Crippen molar-refractivity contribution in [2.75, 3.05) is 5.32 Å². The fourth-order valence-electron chi connectivity index (χ4n) is 3.50. The van der Waals surface area contributed by atoms with E-state index in [1.165, 1.54) is 24.2 Å². The highest BCUT2D eigenvalue weighted by molar-refractivity contribution is 7.13. The normalized spacial score (nSPS) is 16.6. The van der Waals surface area contributed by atoms with Crippen LogP contribution in [0.3, 0.4) is 0 Å². The van der Waals surface area contributed by atoms with E-state index in [0.29, 0.717) is 22.7 Å².